The maximum Gasteiger partial charge on any atom is 0.322 e. The lowest BCUT2D eigenvalue weighted by molar-refractivity contribution is -0.138. The first-order chi connectivity index (χ1) is 10.0. The van der Waals surface area contributed by atoms with Crippen LogP contribution < -0.4 is 5.32 Å². The Morgan fingerprint density at radius 3 is 2.50 bits per heavy atom. The van der Waals surface area contributed by atoms with E-state index in [0.717, 1.165) is 5.56 Å². The van der Waals surface area contributed by atoms with Gasteiger partial charge in [0.25, 0.3) is 0 Å². The van der Waals surface area contributed by atoms with Crippen molar-refractivity contribution < 1.29 is 14.7 Å². The van der Waals surface area contributed by atoms with Crippen LogP contribution in [0.25, 0.3) is 10.8 Å². The van der Waals surface area contributed by atoms with E-state index in [2.05, 4.69) is 29.6 Å². The molecule has 6 heteroatoms. The first-order valence-corrected chi connectivity index (χ1v) is 6.69. The number of hydrogen-bond donors (Lipinski definition) is 2. The fourth-order valence-electron chi connectivity index (χ4n) is 2.18. The molecule has 0 aliphatic heterocycles. The molecule has 5 nitrogen and oxygen atoms in total. The standard InChI is InChI=1S/C16H18N2O3.ClH/c1-18(11-15(19)17-9-16(20)21)10-12-6-7-13-4-2-3-5-14(13)8-12;/h2-8H,9-11H2,1H3,(H,17,19)(H,20,21);1H. The predicted molar refractivity (Wildman–Crippen MR) is 88.2 cm³/mol. The van der Waals surface area contributed by atoms with Gasteiger partial charge in [0.15, 0.2) is 0 Å². The molecular formula is C16H19ClN2O3. The highest BCUT2D eigenvalue weighted by Gasteiger charge is 2.08. The third-order valence-electron chi connectivity index (χ3n) is 3.12. The molecule has 0 unspecified atom stereocenters. The number of carboxylic acid groups (broad SMARTS) is 1. The predicted octanol–water partition coefficient (Wildman–Crippen LogP) is 1.89. The van der Waals surface area contributed by atoms with Gasteiger partial charge in [-0.15, -0.1) is 12.4 Å². The van der Waals surface area contributed by atoms with Crippen LogP contribution in [0, 0.1) is 0 Å². The quantitative estimate of drug-likeness (QED) is 0.852. The van der Waals surface area contributed by atoms with E-state index in [0.29, 0.717) is 6.54 Å². The van der Waals surface area contributed by atoms with Crippen molar-refractivity contribution in [1.29, 1.82) is 0 Å². The molecule has 0 aromatic heterocycles. The summed E-state index contributed by atoms with van der Waals surface area (Å²) in [6.07, 6.45) is 0. The van der Waals surface area contributed by atoms with E-state index in [1.165, 1.54) is 10.8 Å². The van der Waals surface area contributed by atoms with Crippen molar-refractivity contribution in [3.8, 4) is 0 Å². The van der Waals surface area contributed by atoms with Gasteiger partial charge < -0.3 is 10.4 Å². The van der Waals surface area contributed by atoms with Gasteiger partial charge in [-0.2, -0.15) is 0 Å². The fourth-order valence-corrected chi connectivity index (χ4v) is 2.18. The van der Waals surface area contributed by atoms with Crippen molar-refractivity contribution in [3.05, 3.63) is 48.0 Å². The summed E-state index contributed by atoms with van der Waals surface area (Å²) in [5.74, 6) is -1.33. The zero-order valence-corrected chi connectivity index (χ0v) is 13.1. The van der Waals surface area contributed by atoms with Crippen LogP contribution >= 0.6 is 12.4 Å². The second kappa shape index (κ2) is 8.36. The molecule has 2 aromatic rings. The summed E-state index contributed by atoms with van der Waals surface area (Å²) in [5.41, 5.74) is 1.11. The zero-order valence-electron chi connectivity index (χ0n) is 12.3. The van der Waals surface area contributed by atoms with Crippen molar-refractivity contribution in [2.75, 3.05) is 20.1 Å². The van der Waals surface area contributed by atoms with E-state index in [9.17, 15) is 9.59 Å². The Kier molecular flexibility index (Phi) is 6.82. The van der Waals surface area contributed by atoms with Crippen molar-refractivity contribution in [3.63, 3.8) is 0 Å². The lowest BCUT2D eigenvalue weighted by atomic mass is 10.1. The minimum Gasteiger partial charge on any atom is -0.480 e. The number of halogens is 1. The van der Waals surface area contributed by atoms with Crippen LogP contribution in [-0.4, -0.2) is 42.0 Å². The molecule has 2 rings (SSSR count). The van der Waals surface area contributed by atoms with Crippen LogP contribution in [0.1, 0.15) is 5.56 Å². The number of carbonyl (C=O) groups is 2. The van der Waals surface area contributed by atoms with E-state index in [-0.39, 0.29) is 31.4 Å². The van der Waals surface area contributed by atoms with E-state index >= 15 is 0 Å². The van der Waals surface area contributed by atoms with Gasteiger partial charge >= 0.3 is 5.97 Å². The molecule has 0 aliphatic rings. The molecule has 0 heterocycles. The average Bonchev–Trinajstić information content (AvgIpc) is 2.45. The molecule has 0 atom stereocenters. The first-order valence-electron chi connectivity index (χ1n) is 6.69. The Labute approximate surface area is 135 Å². The van der Waals surface area contributed by atoms with Gasteiger partial charge in [-0.05, 0) is 29.4 Å². The monoisotopic (exact) mass is 322 g/mol. The molecule has 1 amide bonds. The topological polar surface area (TPSA) is 69.6 Å². The summed E-state index contributed by atoms with van der Waals surface area (Å²) < 4.78 is 0. The molecule has 2 N–H and O–H groups in total. The second-order valence-corrected chi connectivity index (χ2v) is 5.02. The lowest BCUT2D eigenvalue weighted by Crippen LogP contribution is -2.37. The molecule has 0 radical (unpaired) electrons. The Balaban J connectivity index is 0.00000242. The molecule has 0 fully saturated rings. The second-order valence-electron chi connectivity index (χ2n) is 5.02. The SMILES string of the molecule is CN(CC(=O)NCC(=O)O)Cc1ccc2ccccc2c1.Cl. The average molecular weight is 323 g/mol. The van der Waals surface area contributed by atoms with Gasteiger partial charge in [0.2, 0.25) is 5.91 Å². The number of nitrogens with one attached hydrogen (secondary N) is 1. The normalized spacial score (nSPS) is 10.3. The molecule has 0 saturated heterocycles. The molecule has 22 heavy (non-hydrogen) atoms. The molecule has 118 valence electrons. The van der Waals surface area contributed by atoms with Crippen LogP contribution in [0.2, 0.25) is 0 Å². The lowest BCUT2D eigenvalue weighted by Gasteiger charge is -2.16. The highest BCUT2D eigenvalue weighted by atomic mass is 35.5. The molecule has 0 bridgehead atoms. The summed E-state index contributed by atoms with van der Waals surface area (Å²) >= 11 is 0. The molecule has 0 aliphatic carbocycles. The first kappa shape index (κ1) is 17.9. The van der Waals surface area contributed by atoms with Crippen LogP contribution in [0.3, 0.4) is 0 Å². The Morgan fingerprint density at radius 1 is 1.14 bits per heavy atom. The van der Waals surface area contributed by atoms with Gasteiger partial charge in [0, 0.05) is 6.54 Å². The van der Waals surface area contributed by atoms with Crippen molar-refractivity contribution in [2.24, 2.45) is 0 Å². The Bertz CT molecular complexity index is 661. The maximum absolute atomic E-state index is 11.5. The van der Waals surface area contributed by atoms with Crippen LogP contribution in [0.4, 0.5) is 0 Å². The molecule has 0 spiro atoms. The number of fused-ring (bicyclic) bond motifs is 1. The van der Waals surface area contributed by atoms with Gasteiger partial charge in [-0.3, -0.25) is 14.5 Å². The number of amides is 1. The molecular weight excluding hydrogens is 304 g/mol. The van der Waals surface area contributed by atoms with Gasteiger partial charge in [-0.1, -0.05) is 36.4 Å². The third kappa shape index (κ3) is 5.35. The summed E-state index contributed by atoms with van der Waals surface area (Å²) in [6.45, 7) is 0.452. The highest BCUT2D eigenvalue weighted by molar-refractivity contribution is 5.85. The van der Waals surface area contributed by atoms with Crippen molar-refractivity contribution in [2.45, 2.75) is 6.54 Å². The molecule has 0 saturated carbocycles. The number of likely N-dealkylation sites (N-methyl/N-ethyl adjacent to an activating group) is 1. The highest BCUT2D eigenvalue weighted by Crippen LogP contribution is 2.16. The molecule has 2 aromatic carbocycles. The van der Waals surface area contributed by atoms with Gasteiger partial charge in [-0.25, -0.2) is 0 Å². The van der Waals surface area contributed by atoms with Gasteiger partial charge in [0.05, 0.1) is 6.54 Å². The smallest absolute Gasteiger partial charge is 0.322 e. The Hall–Kier alpha value is -2.11. The van der Waals surface area contributed by atoms with Crippen LogP contribution in [-0.2, 0) is 16.1 Å². The minimum atomic E-state index is -1.04. The number of carbonyl (C=O) groups excluding carboxylic acids is 1. The number of rotatable bonds is 6. The summed E-state index contributed by atoms with van der Waals surface area (Å²) in [6, 6.07) is 14.3. The van der Waals surface area contributed by atoms with Gasteiger partial charge in [0.1, 0.15) is 6.54 Å². The minimum absolute atomic E-state index is 0. The van der Waals surface area contributed by atoms with Crippen LogP contribution in [0.15, 0.2) is 42.5 Å². The zero-order chi connectivity index (χ0) is 15.2. The summed E-state index contributed by atoms with van der Waals surface area (Å²) in [7, 11) is 1.83. The number of benzene rings is 2. The summed E-state index contributed by atoms with van der Waals surface area (Å²) in [4.78, 5) is 23.8. The largest absolute Gasteiger partial charge is 0.480 e. The summed E-state index contributed by atoms with van der Waals surface area (Å²) in [5, 5.41) is 13.2. The maximum atomic E-state index is 11.5. The number of hydrogen-bond acceptors (Lipinski definition) is 3. The fraction of sp³-hybridized carbons (Fsp3) is 0.250. The number of nitrogens with zero attached hydrogens (tertiary/aromatic N) is 1. The van der Waals surface area contributed by atoms with Crippen molar-refractivity contribution in [1.82, 2.24) is 10.2 Å². The number of carboxylic acids is 1. The van der Waals surface area contributed by atoms with E-state index in [1.54, 1.807) is 0 Å². The van der Waals surface area contributed by atoms with Crippen LogP contribution in [0.5, 0.6) is 0 Å². The van der Waals surface area contributed by atoms with E-state index < -0.39 is 5.97 Å². The van der Waals surface area contributed by atoms with E-state index in [1.807, 2.05) is 30.1 Å². The van der Waals surface area contributed by atoms with E-state index in [4.69, 9.17) is 5.11 Å². The number of aliphatic carboxylic acids is 1. The third-order valence-corrected chi connectivity index (χ3v) is 3.12. The Morgan fingerprint density at radius 2 is 1.82 bits per heavy atom. The van der Waals surface area contributed by atoms with Crippen molar-refractivity contribution >= 4 is 35.1 Å².